The zero-order chi connectivity index (χ0) is 2.71. The van der Waals surface area contributed by atoms with Crippen LogP contribution in [0.3, 0.4) is 0 Å². The van der Waals surface area contributed by atoms with Gasteiger partial charge in [-0.15, -0.1) is 0 Å². The molecule has 0 spiro atoms. The molecule has 0 aliphatic carbocycles. The molecule has 0 saturated carbocycles. The van der Waals surface area contributed by atoms with Gasteiger partial charge in [-0.25, -0.2) is 0 Å². The summed E-state index contributed by atoms with van der Waals surface area (Å²) >= 11 is 2.84. The predicted octanol–water partition coefficient (Wildman–Crippen LogP) is -1.04. The van der Waals surface area contributed by atoms with Gasteiger partial charge in [-0.05, 0) is 0 Å². The summed E-state index contributed by atoms with van der Waals surface area (Å²) in [5.41, 5.74) is 0. The van der Waals surface area contributed by atoms with Crippen LogP contribution in [0.1, 0.15) is 0 Å². The van der Waals surface area contributed by atoms with Gasteiger partial charge in [0, 0.05) is 22.4 Å². The summed E-state index contributed by atoms with van der Waals surface area (Å²) in [5, 5.41) is 0. The van der Waals surface area contributed by atoms with Gasteiger partial charge in [0.1, 0.15) is 0 Å². The van der Waals surface area contributed by atoms with Crippen molar-refractivity contribution in [2.75, 3.05) is 0 Å². The quantitative estimate of drug-likeness (QED) is 0.503. The molecule has 5 heteroatoms. The van der Waals surface area contributed by atoms with Crippen LogP contribution in [0, 0.1) is 0 Å². The average Bonchev–Trinajstić information content (AvgIpc) is 0.918. The molecule has 0 amide bonds. The number of hydrogen-bond donors (Lipinski definition) is 0. The van der Waals surface area contributed by atoms with E-state index < -0.39 is 0 Å². The van der Waals surface area contributed by atoms with Gasteiger partial charge in [-0.3, -0.25) is 0 Å². The molecule has 0 heterocycles. The molecular formula is H2BaCoFeNbO. The Morgan fingerprint density at radius 1 is 1.60 bits per heavy atom. The Bertz CT molecular complexity index is 19.1. The molecule has 0 saturated heterocycles. The van der Waals surface area contributed by atoms with Crippen molar-refractivity contribution < 1.29 is 53.3 Å². The summed E-state index contributed by atoms with van der Waals surface area (Å²) in [4.78, 5) is 0. The molecule has 0 aromatic heterocycles. The normalized spacial score (nSPS) is 4.20. The average molecular weight is 363 g/mol. The SMILES string of the molecule is [BaH2].[Nb].[O]=[Co][Fe]. The monoisotopic (exact) mass is 364 g/mol. The fourth-order valence-corrected chi connectivity index (χ4v) is 0. The van der Waals surface area contributed by atoms with Crippen LogP contribution in [0.25, 0.3) is 0 Å². The molecule has 0 fully saturated rings. The van der Waals surface area contributed by atoms with Crippen LogP contribution in [-0.4, -0.2) is 48.9 Å². The summed E-state index contributed by atoms with van der Waals surface area (Å²) in [5.74, 6) is 0. The van der Waals surface area contributed by atoms with E-state index in [9.17, 15) is 0 Å². The molecule has 1 nitrogen and oxygen atoms in total. The topological polar surface area (TPSA) is 17.1 Å². The molecule has 0 N–H and O–H groups in total. The summed E-state index contributed by atoms with van der Waals surface area (Å²) < 4.78 is 8.79. The molecule has 0 unspecified atom stereocenters. The fraction of sp³-hybridized carbons (Fsp3) is 0. The molecule has 0 aromatic rings. The fourth-order valence-electron chi connectivity index (χ4n) is 0. The first-order valence-electron chi connectivity index (χ1n) is 0.254. The Kier molecular flexibility index (Phi) is 49.3. The van der Waals surface area contributed by atoms with Crippen LogP contribution in [-0.2, 0) is 53.3 Å². The molecule has 0 atom stereocenters. The van der Waals surface area contributed by atoms with Crippen LogP contribution < -0.4 is 0 Å². The van der Waals surface area contributed by atoms with Gasteiger partial charge < -0.3 is 0 Å². The second-order valence-electron chi connectivity index (χ2n) is 0.0481. The zero-order valence-corrected chi connectivity index (χ0v) is 5.89. The van der Waals surface area contributed by atoms with Crippen LogP contribution in [0.4, 0.5) is 0 Å². The Balaban J connectivity index is -0.0000000200. The maximum absolute atomic E-state index is 8.79. The van der Waals surface area contributed by atoms with E-state index >= 15 is 0 Å². The van der Waals surface area contributed by atoms with E-state index in [0.717, 1.165) is 0 Å². The van der Waals surface area contributed by atoms with Crippen LogP contribution in [0.5, 0.6) is 0 Å². The van der Waals surface area contributed by atoms with Crippen molar-refractivity contribution in [3.8, 4) is 0 Å². The molecule has 32 valence electrons. The second-order valence-corrected chi connectivity index (χ2v) is 0.818. The molecule has 0 aromatic carbocycles. The summed E-state index contributed by atoms with van der Waals surface area (Å²) in [6, 6.07) is 0. The minimum absolute atomic E-state index is 0. The second kappa shape index (κ2) is 15.7. The maximum atomic E-state index is 8.79. The Morgan fingerprint density at radius 2 is 1.60 bits per heavy atom. The first kappa shape index (κ1) is 15.7. The van der Waals surface area contributed by atoms with Crippen molar-refractivity contribution in [3.05, 3.63) is 0 Å². The predicted molar refractivity (Wildman–Crippen MR) is 9.23 cm³/mol. The van der Waals surface area contributed by atoms with Crippen LogP contribution >= 0.6 is 0 Å². The van der Waals surface area contributed by atoms with Gasteiger partial charge in [-0.1, -0.05) is 0 Å². The van der Waals surface area contributed by atoms with Crippen molar-refractivity contribution in [3.63, 3.8) is 0 Å². The Labute approximate surface area is 99.6 Å². The van der Waals surface area contributed by atoms with Crippen molar-refractivity contribution in [1.29, 1.82) is 0 Å². The van der Waals surface area contributed by atoms with E-state index in [1.165, 1.54) is 0 Å². The van der Waals surface area contributed by atoms with Crippen molar-refractivity contribution in [2.24, 2.45) is 0 Å². The van der Waals surface area contributed by atoms with E-state index in [4.69, 9.17) is 3.87 Å². The molecule has 0 rings (SSSR count). The van der Waals surface area contributed by atoms with E-state index in [1.54, 1.807) is 0 Å². The van der Waals surface area contributed by atoms with Crippen molar-refractivity contribution in [1.82, 2.24) is 0 Å². The third-order valence-electron chi connectivity index (χ3n) is 0. The molecule has 0 aliphatic rings. The molecular weight excluding hydrogens is 361 g/mol. The Morgan fingerprint density at radius 3 is 1.60 bits per heavy atom. The van der Waals surface area contributed by atoms with Gasteiger partial charge >= 0.3 is 79.8 Å². The van der Waals surface area contributed by atoms with Crippen LogP contribution in [0.15, 0.2) is 0 Å². The van der Waals surface area contributed by atoms with E-state index in [0.29, 0.717) is 0 Å². The summed E-state index contributed by atoms with van der Waals surface area (Å²) in [6.45, 7) is 0. The first-order chi connectivity index (χ1) is 1.41. The van der Waals surface area contributed by atoms with Crippen LogP contribution in [0.2, 0.25) is 0 Å². The minimum atomic E-state index is -0.0625. The van der Waals surface area contributed by atoms with Gasteiger partial charge in [0.2, 0.25) is 0 Å². The third kappa shape index (κ3) is 19.1. The van der Waals surface area contributed by atoms with Crippen molar-refractivity contribution >= 4 is 48.9 Å². The standard InChI is InChI=1S/Ba.Co.Fe.Nb.O.2H. The van der Waals surface area contributed by atoms with Crippen molar-refractivity contribution in [2.45, 2.75) is 0 Å². The molecule has 5 heavy (non-hydrogen) atoms. The van der Waals surface area contributed by atoms with E-state index in [1.807, 2.05) is 0 Å². The number of hydrogen-bond acceptors (Lipinski definition) is 1. The van der Waals surface area contributed by atoms with Gasteiger partial charge in [0.25, 0.3) is 0 Å². The molecule has 0 bridgehead atoms. The van der Waals surface area contributed by atoms with Gasteiger partial charge in [-0.2, -0.15) is 0 Å². The summed E-state index contributed by atoms with van der Waals surface area (Å²) in [7, 11) is 0. The number of rotatable bonds is 0. The molecule has 0 aliphatic heterocycles. The summed E-state index contributed by atoms with van der Waals surface area (Å²) in [6.07, 6.45) is 0. The van der Waals surface area contributed by atoms with E-state index in [2.05, 4.69) is 14.2 Å². The molecule has 1 radical (unpaired) electrons. The first-order valence-corrected chi connectivity index (χ1v) is 2.56. The van der Waals surface area contributed by atoms with E-state index in [-0.39, 0.29) is 84.1 Å². The zero-order valence-electron chi connectivity index (χ0n) is 1.54. The van der Waals surface area contributed by atoms with Gasteiger partial charge in [0.05, 0.1) is 0 Å². The Hall–Kier alpha value is 3.14. The van der Waals surface area contributed by atoms with Gasteiger partial charge in [0.15, 0.2) is 0 Å². The third-order valence-corrected chi connectivity index (χ3v) is 0.